The number of ether oxygens (including phenoxy) is 1. The van der Waals surface area contributed by atoms with Gasteiger partial charge in [-0.15, -0.1) is 11.8 Å². The maximum atomic E-state index is 13.5. The molecule has 0 aromatic carbocycles. The summed E-state index contributed by atoms with van der Waals surface area (Å²) in [5, 5.41) is 12.0. The van der Waals surface area contributed by atoms with Crippen molar-refractivity contribution in [3.05, 3.63) is 33.1 Å². The molecule has 3 N–H and O–H groups in total. The van der Waals surface area contributed by atoms with Crippen LogP contribution in [0.15, 0.2) is 21.9 Å². The molecule has 1 aliphatic rings. The first-order chi connectivity index (χ1) is 17.1. The number of aliphatic hydroxyl groups is 1. The molecule has 2 rings (SSSR count). The third-order valence-electron chi connectivity index (χ3n) is 4.97. The molecule has 37 heavy (non-hydrogen) atoms. The van der Waals surface area contributed by atoms with Crippen molar-refractivity contribution in [2.24, 2.45) is 5.41 Å². The third kappa shape index (κ3) is 10.0. The van der Waals surface area contributed by atoms with Gasteiger partial charge in [0.2, 0.25) is 0 Å². The van der Waals surface area contributed by atoms with E-state index in [1.807, 2.05) is 0 Å². The lowest BCUT2D eigenvalue weighted by Crippen LogP contribution is -2.36. The van der Waals surface area contributed by atoms with Crippen LogP contribution in [0, 0.1) is 5.41 Å². The molecule has 2 heterocycles. The summed E-state index contributed by atoms with van der Waals surface area (Å²) >= 11 is 2.27. The predicted molar refractivity (Wildman–Crippen MR) is 143 cm³/mol. The number of carbonyl (C=O) groups excluding carboxylic acids is 2. The van der Waals surface area contributed by atoms with E-state index >= 15 is 0 Å². The van der Waals surface area contributed by atoms with Crippen molar-refractivity contribution in [3.8, 4) is 0 Å². The Morgan fingerprint density at radius 1 is 1.30 bits per heavy atom. The fourth-order valence-electron chi connectivity index (χ4n) is 3.14. The summed E-state index contributed by atoms with van der Waals surface area (Å²) in [4.78, 5) is 50.0. The van der Waals surface area contributed by atoms with Gasteiger partial charge in [0.15, 0.2) is 5.12 Å². The second kappa shape index (κ2) is 13.6. The fraction of sp³-hybridized carbons (Fsp3) is 0.727. The van der Waals surface area contributed by atoms with Gasteiger partial charge in [0.25, 0.3) is 5.56 Å². The summed E-state index contributed by atoms with van der Waals surface area (Å²) in [6.07, 6.45) is 0.235. The van der Waals surface area contributed by atoms with Crippen LogP contribution in [-0.2, 0) is 27.9 Å². The first-order valence-electron chi connectivity index (χ1n) is 11.8. The third-order valence-corrected chi connectivity index (χ3v) is 9.46. The molecule has 1 aliphatic heterocycles. The van der Waals surface area contributed by atoms with Crippen LogP contribution in [0.1, 0.15) is 53.3 Å². The van der Waals surface area contributed by atoms with Gasteiger partial charge in [-0.25, -0.2) is 14.4 Å². The van der Waals surface area contributed by atoms with Crippen molar-refractivity contribution >= 4 is 42.4 Å². The number of nitrogens with zero attached hydrogens (tertiary/aromatic N) is 1. The Balaban J connectivity index is 2.05. The minimum absolute atomic E-state index is 0.0476. The average Bonchev–Trinajstić information content (AvgIpc) is 3.14. The van der Waals surface area contributed by atoms with Crippen LogP contribution in [0.25, 0.3) is 0 Å². The minimum atomic E-state index is -4.04. The lowest BCUT2D eigenvalue weighted by atomic mass is 10.00. The van der Waals surface area contributed by atoms with Crippen molar-refractivity contribution in [2.45, 2.75) is 76.8 Å². The van der Waals surface area contributed by atoms with Crippen LogP contribution >= 0.6 is 31.3 Å². The van der Waals surface area contributed by atoms with E-state index in [4.69, 9.17) is 13.8 Å². The molecule has 0 unspecified atom stereocenters. The van der Waals surface area contributed by atoms with Gasteiger partial charge in [0, 0.05) is 28.7 Å². The fourth-order valence-corrected chi connectivity index (χ4v) is 7.10. The predicted octanol–water partition coefficient (Wildman–Crippen LogP) is 2.28. The molecular weight excluding hydrogens is 545 g/mol. The molecular formula is C22H36N3O9PS2. The largest absolute Gasteiger partial charge is 0.462 e. The topological polar surface area (TPSA) is 166 Å². The molecule has 1 saturated heterocycles. The van der Waals surface area contributed by atoms with Gasteiger partial charge < -0.3 is 9.84 Å². The van der Waals surface area contributed by atoms with Gasteiger partial charge in [-0.05, 0) is 27.2 Å². The number of aromatic nitrogens is 2. The molecule has 1 aromatic heterocycles. The summed E-state index contributed by atoms with van der Waals surface area (Å²) in [5.41, 5.74) is -1.74. The van der Waals surface area contributed by atoms with Crippen molar-refractivity contribution in [1.82, 2.24) is 14.6 Å². The average molecular weight is 582 g/mol. The smallest absolute Gasteiger partial charge is 0.406 e. The lowest BCUT2D eigenvalue weighted by Gasteiger charge is -2.24. The number of hydrogen-bond acceptors (Lipinski definition) is 11. The molecule has 0 spiro atoms. The Bertz CT molecular complexity index is 1100. The number of esters is 1. The van der Waals surface area contributed by atoms with Crippen LogP contribution in [0.3, 0.4) is 0 Å². The summed E-state index contributed by atoms with van der Waals surface area (Å²) in [6, 6.07) is 0.177. The summed E-state index contributed by atoms with van der Waals surface area (Å²) < 4.78 is 31.0. The highest BCUT2D eigenvalue weighted by atomic mass is 32.2. The van der Waals surface area contributed by atoms with Crippen LogP contribution < -0.4 is 16.3 Å². The Hall–Kier alpha value is -1.41. The SMILES string of the molecule is CC(C)OC(=O)[C@@H](C)N[P@](=O)(OCCSC(=O)C(C)(C)C)OC[C@@H]1C[C@@H](O)[C@H](n2ccc(=O)[nH]c2=O)S1. The van der Waals surface area contributed by atoms with E-state index in [2.05, 4.69) is 10.1 Å². The second-order valence-corrected chi connectivity index (χ2v) is 14.1. The van der Waals surface area contributed by atoms with Crippen molar-refractivity contribution in [3.63, 3.8) is 0 Å². The maximum absolute atomic E-state index is 13.5. The first kappa shape index (κ1) is 31.8. The lowest BCUT2D eigenvalue weighted by molar-refractivity contribution is -0.149. The zero-order valence-electron chi connectivity index (χ0n) is 21.8. The summed E-state index contributed by atoms with van der Waals surface area (Å²) in [7, 11) is -4.04. The van der Waals surface area contributed by atoms with Crippen LogP contribution in [0.4, 0.5) is 0 Å². The van der Waals surface area contributed by atoms with E-state index in [9.17, 15) is 28.8 Å². The molecule has 1 fully saturated rings. The number of carbonyl (C=O) groups is 2. The zero-order valence-corrected chi connectivity index (χ0v) is 24.3. The normalized spacial score (nSPS) is 22.5. The van der Waals surface area contributed by atoms with Crippen LogP contribution in [-0.4, -0.2) is 68.2 Å². The standard InChI is InChI=1S/C22H36N3O9PS2/c1-13(2)34-19(28)14(3)24-35(31,32-9-10-36-20(29)22(4,5)6)33-12-15-11-16(26)18(37-15)25-8-7-17(27)23-21(25)30/h7-8,13-16,18,26H,9-12H2,1-6H3,(H,24,31)(H,23,27,30)/t14-,15+,16-,18-,35+/m1/s1. The molecule has 12 nitrogen and oxygen atoms in total. The van der Waals surface area contributed by atoms with Crippen molar-refractivity contribution in [1.29, 1.82) is 0 Å². The Kier molecular flexibility index (Phi) is 11.7. The second-order valence-electron chi connectivity index (χ2n) is 9.82. The number of rotatable bonds is 12. The van der Waals surface area contributed by atoms with Gasteiger partial charge in [0.05, 0.1) is 25.4 Å². The van der Waals surface area contributed by atoms with E-state index in [0.717, 1.165) is 11.8 Å². The van der Waals surface area contributed by atoms with E-state index in [1.54, 1.807) is 34.6 Å². The summed E-state index contributed by atoms with van der Waals surface area (Å²) in [6.45, 7) is 10.0. The first-order valence-corrected chi connectivity index (χ1v) is 15.3. The van der Waals surface area contributed by atoms with Gasteiger partial charge in [0.1, 0.15) is 11.4 Å². The quantitative estimate of drug-likeness (QED) is 0.188. The zero-order chi connectivity index (χ0) is 28.0. The molecule has 0 aliphatic carbocycles. The van der Waals surface area contributed by atoms with Gasteiger partial charge in [-0.1, -0.05) is 32.5 Å². The van der Waals surface area contributed by atoms with Crippen molar-refractivity contribution in [2.75, 3.05) is 19.0 Å². The molecule has 15 heteroatoms. The van der Waals surface area contributed by atoms with E-state index in [0.29, 0.717) is 0 Å². The molecule has 210 valence electrons. The van der Waals surface area contributed by atoms with E-state index < -0.39 is 47.9 Å². The van der Waals surface area contributed by atoms with Crippen molar-refractivity contribution < 1.29 is 33.0 Å². The highest BCUT2D eigenvalue weighted by Gasteiger charge is 2.38. The van der Waals surface area contributed by atoms with Gasteiger partial charge in [-0.3, -0.25) is 33.0 Å². The Morgan fingerprint density at radius 2 is 1.97 bits per heavy atom. The number of aromatic amines is 1. The highest BCUT2D eigenvalue weighted by molar-refractivity contribution is 8.13. The molecule has 5 atom stereocenters. The highest BCUT2D eigenvalue weighted by Crippen LogP contribution is 2.48. The van der Waals surface area contributed by atoms with Crippen LogP contribution in [0.5, 0.6) is 0 Å². The number of nitrogens with one attached hydrogen (secondary N) is 2. The number of H-pyrrole nitrogens is 1. The van der Waals surface area contributed by atoms with E-state index in [1.165, 1.54) is 35.5 Å². The number of thioether (sulfide) groups is 2. The Labute approximate surface area is 224 Å². The molecule has 0 bridgehead atoms. The molecule has 1 aromatic rings. The number of hydrogen-bond donors (Lipinski definition) is 3. The minimum Gasteiger partial charge on any atom is -0.462 e. The Morgan fingerprint density at radius 3 is 2.57 bits per heavy atom. The van der Waals surface area contributed by atoms with Gasteiger partial charge >= 0.3 is 19.4 Å². The molecule has 0 amide bonds. The molecule has 0 saturated carbocycles. The monoisotopic (exact) mass is 581 g/mol. The van der Waals surface area contributed by atoms with E-state index in [-0.39, 0.29) is 41.9 Å². The number of aliphatic hydroxyl groups excluding tert-OH is 1. The van der Waals surface area contributed by atoms with Gasteiger partial charge in [-0.2, -0.15) is 0 Å². The maximum Gasteiger partial charge on any atom is 0.406 e. The van der Waals surface area contributed by atoms with Crippen LogP contribution in [0.2, 0.25) is 0 Å². The molecule has 0 radical (unpaired) electrons. The summed E-state index contributed by atoms with van der Waals surface area (Å²) in [5.74, 6) is -0.410.